The molecule has 18 heavy (non-hydrogen) atoms. The lowest BCUT2D eigenvalue weighted by atomic mass is 10.1. The van der Waals surface area contributed by atoms with E-state index in [9.17, 15) is 4.79 Å². The fourth-order valence-electron chi connectivity index (χ4n) is 2.52. The molecule has 1 heterocycles. The molecule has 3 heteroatoms. The van der Waals surface area contributed by atoms with Crippen LogP contribution in [0.3, 0.4) is 0 Å². The average Bonchev–Trinajstić information content (AvgIpc) is 2.62. The normalized spacial score (nSPS) is 20.1. The standard InChI is InChI=1S/C15H22N2O/c1-4-5-8-11(2)16-14-12-9-6-7-10-13(12)17(3)15(14)18/h6-7,9-11,14,16H,4-5,8H2,1-3H3. The molecule has 2 unspecified atom stereocenters. The third-order valence-corrected chi connectivity index (χ3v) is 3.63. The number of carbonyl (C=O) groups excluding carboxylic acids is 1. The van der Waals surface area contributed by atoms with Crippen LogP contribution < -0.4 is 10.2 Å². The number of benzene rings is 1. The van der Waals surface area contributed by atoms with Crippen molar-refractivity contribution >= 4 is 11.6 Å². The molecule has 1 aliphatic rings. The van der Waals surface area contributed by atoms with Gasteiger partial charge in [0.2, 0.25) is 5.91 Å². The van der Waals surface area contributed by atoms with Gasteiger partial charge in [0.25, 0.3) is 0 Å². The number of amides is 1. The lowest BCUT2D eigenvalue weighted by Gasteiger charge is -2.18. The summed E-state index contributed by atoms with van der Waals surface area (Å²) in [4.78, 5) is 14.0. The lowest BCUT2D eigenvalue weighted by Crippen LogP contribution is -2.37. The fourth-order valence-corrected chi connectivity index (χ4v) is 2.52. The van der Waals surface area contributed by atoms with E-state index in [1.54, 1.807) is 4.90 Å². The van der Waals surface area contributed by atoms with Crippen molar-refractivity contribution in [1.82, 2.24) is 5.32 Å². The summed E-state index contributed by atoms with van der Waals surface area (Å²) in [5.41, 5.74) is 2.14. The number of unbranched alkanes of at least 4 members (excludes halogenated alkanes) is 1. The van der Waals surface area contributed by atoms with Gasteiger partial charge in [-0.3, -0.25) is 10.1 Å². The van der Waals surface area contributed by atoms with Crippen LogP contribution in [0.1, 0.15) is 44.7 Å². The Hall–Kier alpha value is -1.35. The highest BCUT2D eigenvalue weighted by atomic mass is 16.2. The van der Waals surface area contributed by atoms with E-state index in [2.05, 4.69) is 19.2 Å². The van der Waals surface area contributed by atoms with Crippen molar-refractivity contribution in [2.24, 2.45) is 0 Å². The molecule has 2 atom stereocenters. The molecule has 0 spiro atoms. The molecular weight excluding hydrogens is 224 g/mol. The van der Waals surface area contributed by atoms with Crippen molar-refractivity contribution in [3.05, 3.63) is 29.8 Å². The summed E-state index contributed by atoms with van der Waals surface area (Å²) in [6, 6.07) is 8.23. The lowest BCUT2D eigenvalue weighted by molar-refractivity contribution is -0.119. The maximum Gasteiger partial charge on any atom is 0.248 e. The number of carbonyl (C=O) groups is 1. The van der Waals surface area contributed by atoms with Crippen molar-refractivity contribution in [3.63, 3.8) is 0 Å². The molecule has 0 radical (unpaired) electrons. The Bertz CT molecular complexity index is 430. The topological polar surface area (TPSA) is 32.3 Å². The van der Waals surface area contributed by atoms with Gasteiger partial charge in [0.15, 0.2) is 0 Å². The van der Waals surface area contributed by atoms with Gasteiger partial charge in [0, 0.05) is 24.3 Å². The first-order valence-electron chi connectivity index (χ1n) is 6.77. The first-order valence-corrected chi connectivity index (χ1v) is 6.77. The molecule has 1 aromatic carbocycles. The van der Waals surface area contributed by atoms with Crippen molar-refractivity contribution in [2.45, 2.75) is 45.2 Å². The van der Waals surface area contributed by atoms with Crippen LogP contribution in [0.2, 0.25) is 0 Å². The van der Waals surface area contributed by atoms with Crippen molar-refractivity contribution in [1.29, 1.82) is 0 Å². The minimum atomic E-state index is -0.168. The van der Waals surface area contributed by atoms with Crippen LogP contribution in [0.15, 0.2) is 24.3 Å². The molecule has 0 aliphatic carbocycles. The summed E-state index contributed by atoms with van der Waals surface area (Å²) < 4.78 is 0. The zero-order valence-corrected chi connectivity index (χ0v) is 11.4. The van der Waals surface area contributed by atoms with E-state index < -0.39 is 0 Å². The van der Waals surface area contributed by atoms with Crippen LogP contribution in [-0.4, -0.2) is 19.0 Å². The Morgan fingerprint density at radius 1 is 1.39 bits per heavy atom. The minimum absolute atomic E-state index is 0.152. The highest BCUT2D eigenvalue weighted by Crippen LogP contribution is 2.34. The molecule has 0 bridgehead atoms. The summed E-state index contributed by atoms with van der Waals surface area (Å²) in [5.74, 6) is 0.152. The number of para-hydroxylation sites is 1. The number of nitrogens with zero attached hydrogens (tertiary/aromatic N) is 1. The molecule has 1 amide bonds. The van der Waals surface area contributed by atoms with E-state index in [1.165, 1.54) is 12.8 Å². The van der Waals surface area contributed by atoms with Gasteiger partial charge in [-0.05, 0) is 19.4 Å². The number of fused-ring (bicyclic) bond motifs is 1. The fraction of sp³-hybridized carbons (Fsp3) is 0.533. The minimum Gasteiger partial charge on any atom is -0.313 e. The van der Waals surface area contributed by atoms with Crippen LogP contribution >= 0.6 is 0 Å². The highest BCUT2D eigenvalue weighted by molar-refractivity contribution is 6.04. The quantitative estimate of drug-likeness (QED) is 0.866. The third kappa shape index (κ3) is 2.41. The second-order valence-electron chi connectivity index (χ2n) is 5.10. The van der Waals surface area contributed by atoms with E-state index in [-0.39, 0.29) is 11.9 Å². The predicted molar refractivity (Wildman–Crippen MR) is 74.7 cm³/mol. The van der Waals surface area contributed by atoms with Crippen LogP contribution in [0.4, 0.5) is 5.69 Å². The largest absolute Gasteiger partial charge is 0.313 e. The average molecular weight is 246 g/mol. The molecule has 0 saturated carbocycles. The first-order chi connectivity index (χ1) is 8.65. The van der Waals surface area contributed by atoms with Crippen LogP contribution in [0.25, 0.3) is 0 Å². The van der Waals surface area contributed by atoms with Gasteiger partial charge in [-0.15, -0.1) is 0 Å². The van der Waals surface area contributed by atoms with Gasteiger partial charge in [-0.1, -0.05) is 38.0 Å². The maximum absolute atomic E-state index is 12.2. The second-order valence-corrected chi connectivity index (χ2v) is 5.10. The van der Waals surface area contributed by atoms with Gasteiger partial charge < -0.3 is 4.90 Å². The first kappa shape index (κ1) is 13.1. The Morgan fingerprint density at radius 3 is 2.83 bits per heavy atom. The zero-order chi connectivity index (χ0) is 13.1. The molecule has 1 N–H and O–H groups in total. The summed E-state index contributed by atoms with van der Waals surface area (Å²) in [5, 5.41) is 3.46. The van der Waals surface area contributed by atoms with Crippen molar-refractivity contribution in [3.8, 4) is 0 Å². The zero-order valence-electron chi connectivity index (χ0n) is 11.4. The van der Waals surface area contributed by atoms with Gasteiger partial charge in [0.05, 0.1) is 0 Å². The smallest absolute Gasteiger partial charge is 0.248 e. The Kier molecular flexibility index (Phi) is 4.02. The Labute approximate surface area is 109 Å². The van der Waals surface area contributed by atoms with Gasteiger partial charge in [-0.2, -0.15) is 0 Å². The summed E-state index contributed by atoms with van der Waals surface area (Å²) in [6.45, 7) is 4.35. The molecule has 3 nitrogen and oxygen atoms in total. The van der Waals surface area contributed by atoms with Crippen LogP contribution in [0, 0.1) is 0 Å². The summed E-state index contributed by atoms with van der Waals surface area (Å²) in [6.07, 6.45) is 3.51. The van der Waals surface area contributed by atoms with E-state index in [0.717, 1.165) is 17.7 Å². The summed E-state index contributed by atoms with van der Waals surface area (Å²) in [7, 11) is 1.85. The number of hydrogen-bond donors (Lipinski definition) is 1. The number of hydrogen-bond acceptors (Lipinski definition) is 2. The van der Waals surface area contributed by atoms with Crippen molar-refractivity contribution in [2.75, 3.05) is 11.9 Å². The van der Waals surface area contributed by atoms with Gasteiger partial charge in [-0.25, -0.2) is 0 Å². The number of likely N-dealkylation sites (N-methyl/N-ethyl adjacent to an activating group) is 1. The van der Waals surface area contributed by atoms with E-state index in [4.69, 9.17) is 0 Å². The number of rotatable bonds is 5. The molecular formula is C15H22N2O. The number of anilines is 1. The maximum atomic E-state index is 12.2. The Balaban J connectivity index is 2.12. The SMILES string of the molecule is CCCCC(C)NC1C(=O)N(C)c2ccccc21. The second kappa shape index (κ2) is 5.53. The molecule has 0 fully saturated rings. The monoisotopic (exact) mass is 246 g/mol. The molecule has 0 saturated heterocycles. The number of nitrogens with one attached hydrogen (secondary N) is 1. The third-order valence-electron chi connectivity index (χ3n) is 3.63. The molecule has 2 rings (SSSR count). The van der Waals surface area contributed by atoms with Crippen molar-refractivity contribution < 1.29 is 4.79 Å². The molecule has 1 aromatic rings. The van der Waals surface area contributed by atoms with E-state index in [1.807, 2.05) is 31.3 Å². The molecule has 0 aromatic heterocycles. The Morgan fingerprint density at radius 2 is 2.11 bits per heavy atom. The van der Waals surface area contributed by atoms with E-state index >= 15 is 0 Å². The molecule has 1 aliphatic heterocycles. The molecule has 98 valence electrons. The van der Waals surface area contributed by atoms with Crippen LogP contribution in [-0.2, 0) is 4.79 Å². The van der Waals surface area contributed by atoms with E-state index in [0.29, 0.717) is 6.04 Å². The summed E-state index contributed by atoms with van der Waals surface area (Å²) >= 11 is 0. The van der Waals surface area contributed by atoms with Crippen LogP contribution in [0.5, 0.6) is 0 Å². The van der Waals surface area contributed by atoms with Gasteiger partial charge >= 0.3 is 0 Å². The van der Waals surface area contributed by atoms with Gasteiger partial charge in [0.1, 0.15) is 6.04 Å². The highest BCUT2D eigenvalue weighted by Gasteiger charge is 2.35. The predicted octanol–water partition coefficient (Wildman–Crippen LogP) is 2.87.